The summed E-state index contributed by atoms with van der Waals surface area (Å²) in [4.78, 5) is 4.67. The Bertz CT molecular complexity index is 716. The highest BCUT2D eigenvalue weighted by Gasteiger charge is 2.12. The summed E-state index contributed by atoms with van der Waals surface area (Å²) in [7, 11) is 0. The van der Waals surface area contributed by atoms with Gasteiger partial charge in [-0.05, 0) is 59.8 Å². The van der Waals surface area contributed by atoms with E-state index in [0.717, 1.165) is 48.2 Å². The lowest BCUT2D eigenvalue weighted by atomic mass is 10.1. The van der Waals surface area contributed by atoms with E-state index in [1.54, 1.807) is 0 Å². The second kappa shape index (κ2) is 15.7. The van der Waals surface area contributed by atoms with Crippen LogP contribution in [0.25, 0.3) is 11.9 Å². The number of allylic oxidation sites excluding steroid dienone is 5. The molecule has 0 fully saturated rings. The van der Waals surface area contributed by atoms with Crippen molar-refractivity contribution in [1.82, 2.24) is 14.9 Å². The highest BCUT2D eigenvalue weighted by molar-refractivity contribution is 5.61. The van der Waals surface area contributed by atoms with Crippen molar-refractivity contribution in [1.29, 1.82) is 0 Å². The molecule has 1 aromatic heterocycles. The van der Waals surface area contributed by atoms with E-state index in [-0.39, 0.29) is 6.04 Å². The molecule has 0 aliphatic carbocycles. The van der Waals surface area contributed by atoms with Gasteiger partial charge < -0.3 is 15.6 Å². The molecule has 4 heteroatoms. The van der Waals surface area contributed by atoms with Gasteiger partial charge >= 0.3 is 0 Å². The molecular formula is C26H46N4. The van der Waals surface area contributed by atoms with Gasteiger partial charge in [-0.15, -0.1) is 0 Å². The van der Waals surface area contributed by atoms with Crippen molar-refractivity contribution >= 4 is 11.9 Å². The molecule has 3 N–H and O–H groups in total. The van der Waals surface area contributed by atoms with Gasteiger partial charge in [0, 0.05) is 24.5 Å². The maximum absolute atomic E-state index is 5.79. The smallest absolute Gasteiger partial charge is 0.160 e. The van der Waals surface area contributed by atoms with Crippen LogP contribution < -0.4 is 11.1 Å². The van der Waals surface area contributed by atoms with Crippen LogP contribution in [0.15, 0.2) is 36.0 Å². The van der Waals surface area contributed by atoms with Crippen molar-refractivity contribution in [3.8, 4) is 0 Å². The maximum Gasteiger partial charge on any atom is 0.160 e. The lowest BCUT2D eigenvalue weighted by Crippen LogP contribution is -2.15. The van der Waals surface area contributed by atoms with E-state index in [0.29, 0.717) is 0 Å². The zero-order chi connectivity index (χ0) is 23.1. The van der Waals surface area contributed by atoms with Gasteiger partial charge in [-0.1, -0.05) is 63.6 Å². The van der Waals surface area contributed by atoms with Gasteiger partial charge in [-0.25, -0.2) is 4.98 Å². The average Bonchev–Trinajstić information content (AvgIpc) is 2.97. The van der Waals surface area contributed by atoms with Crippen LogP contribution in [0.1, 0.15) is 84.9 Å². The fraction of sp³-hybridized carbons (Fsp3) is 0.577. The molecule has 0 saturated heterocycles. The zero-order valence-electron chi connectivity index (χ0n) is 20.9. The van der Waals surface area contributed by atoms with Gasteiger partial charge in [0.1, 0.15) is 0 Å². The van der Waals surface area contributed by atoms with Gasteiger partial charge in [-0.3, -0.25) is 0 Å². The molecule has 0 aliphatic rings. The van der Waals surface area contributed by atoms with Crippen LogP contribution in [0, 0.1) is 19.8 Å². The summed E-state index contributed by atoms with van der Waals surface area (Å²) in [5.41, 5.74) is 10.4. The average molecular weight is 415 g/mol. The topological polar surface area (TPSA) is 55.9 Å². The molecule has 1 heterocycles. The van der Waals surface area contributed by atoms with Crippen LogP contribution in [0.5, 0.6) is 0 Å². The van der Waals surface area contributed by atoms with Crippen LogP contribution in [-0.2, 0) is 0 Å². The van der Waals surface area contributed by atoms with Crippen molar-refractivity contribution in [2.75, 3.05) is 6.54 Å². The van der Waals surface area contributed by atoms with Crippen LogP contribution in [0.2, 0.25) is 0 Å². The SMILES string of the molecule is CC/C=C(/NCC)c1nc(C)c(C)n1/C=C/C(C)N.CC/C=C\C(C)=C/CC(C)C. The number of nitrogens with zero attached hydrogens (tertiary/aromatic N) is 2. The Morgan fingerprint density at radius 3 is 2.27 bits per heavy atom. The molecule has 1 atom stereocenters. The summed E-state index contributed by atoms with van der Waals surface area (Å²) in [5, 5.41) is 3.38. The largest absolute Gasteiger partial charge is 0.383 e. The fourth-order valence-electron chi connectivity index (χ4n) is 2.65. The minimum Gasteiger partial charge on any atom is -0.383 e. The summed E-state index contributed by atoms with van der Waals surface area (Å²) in [5.74, 6) is 1.73. The van der Waals surface area contributed by atoms with E-state index in [2.05, 4.69) is 87.6 Å². The molecule has 0 saturated carbocycles. The molecule has 170 valence electrons. The third-order valence-electron chi connectivity index (χ3n) is 4.47. The van der Waals surface area contributed by atoms with E-state index in [4.69, 9.17) is 5.73 Å². The molecular weight excluding hydrogens is 368 g/mol. The number of hydrogen-bond acceptors (Lipinski definition) is 3. The molecule has 0 spiro atoms. The zero-order valence-corrected chi connectivity index (χ0v) is 20.9. The van der Waals surface area contributed by atoms with Crippen molar-refractivity contribution in [2.45, 2.75) is 87.6 Å². The second-order valence-corrected chi connectivity index (χ2v) is 8.12. The van der Waals surface area contributed by atoms with E-state index < -0.39 is 0 Å². The molecule has 4 nitrogen and oxygen atoms in total. The summed E-state index contributed by atoms with van der Waals surface area (Å²) in [6.07, 6.45) is 16.2. The lowest BCUT2D eigenvalue weighted by molar-refractivity contribution is 0.662. The molecule has 0 radical (unpaired) electrons. The maximum atomic E-state index is 5.79. The van der Waals surface area contributed by atoms with Gasteiger partial charge in [0.15, 0.2) is 5.82 Å². The Hall–Kier alpha value is -2.07. The van der Waals surface area contributed by atoms with Crippen molar-refractivity contribution in [3.05, 3.63) is 53.2 Å². The van der Waals surface area contributed by atoms with Gasteiger partial charge in [-0.2, -0.15) is 0 Å². The first-order valence-corrected chi connectivity index (χ1v) is 11.4. The number of imidazole rings is 1. The summed E-state index contributed by atoms with van der Waals surface area (Å²) < 4.78 is 2.10. The van der Waals surface area contributed by atoms with Crippen LogP contribution in [0.4, 0.5) is 0 Å². The van der Waals surface area contributed by atoms with E-state index in [1.165, 1.54) is 12.0 Å². The van der Waals surface area contributed by atoms with Crippen LogP contribution in [0.3, 0.4) is 0 Å². The predicted octanol–water partition coefficient (Wildman–Crippen LogP) is 6.62. The summed E-state index contributed by atoms with van der Waals surface area (Å²) in [6.45, 7) is 20.0. The van der Waals surface area contributed by atoms with Crippen molar-refractivity contribution in [3.63, 3.8) is 0 Å². The minimum atomic E-state index is 0.0349. The number of nitrogens with one attached hydrogen (secondary N) is 1. The summed E-state index contributed by atoms with van der Waals surface area (Å²) in [6, 6.07) is 0.0349. The van der Waals surface area contributed by atoms with Gasteiger partial charge in [0.25, 0.3) is 0 Å². The van der Waals surface area contributed by atoms with E-state index in [1.807, 2.05) is 26.1 Å². The Balaban J connectivity index is 0.000000654. The van der Waals surface area contributed by atoms with Crippen molar-refractivity contribution in [2.24, 2.45) is 11.7 Å². The molecule has 1 aromatic rings. The highest BCUT2D eigenvalue weighted by atomic mass is 15.1. The number of rotatable bonds is 10. The standard InChI is InChI=1S/C15H26N4.C11H20/c1-6-8-14(17-7-2)15-18-12(4)13(5)19(15)10-9-11(3)16;1-5-6-7-11(4)9-8-10(2)3/h8-11,17H,6-7,16H2,1-5H3;6-7,9-10H,5,8H2,1-4H3/b10-9+,14-8+;7-6-,11-9-. The Morgan fingerprint density at radius 1 is 1.10 bits per heavy atom. The minimum absolute atomic E-state index is 0.0349. The van der Waals surface area contributed by atoms with Crippen molar-refractivity contribution < 1.29 is 0 Å². The first-order valence-electron chi connectivity index (χ1n) is 11.4. The van der Waals surface area contributed by atoms with Crippen LogP contribution in [-0.4, -0.2) is 22.1 Å². The second-order valence-electron chi connectivity index (χ2n) is 8.12. The van der Waals surface area contributed by atoms with Crippen LogP contribution >= 0.6 is 0 Å². The Labute approximate surface area is 186 Å². The Morgan fingerprint density at radius 2 is 1.77 bits per heavy atom. The molecule has 0 amide bonds. The molecule has 1 unspecified atom stereocenters. The molecule has 1 rings (SSSR count). The number of aryl methyl sites for hydroxylation is 1. The normalized spacial score (nSPS) is 13.8. The lowest BCUT2D eigenvalue weighted by Gasteiger charge is -2.10. The number of aromatic nitrogens is 2. The fourth-order valence-corrected chi connectivity index (χ4v) is 2.65. The molecule has 30 heavy (non-hydrogen) atoms. The first-order chi connectivity index (χ1) is 14.2. The van der Waals surface area contributed by atoms with Gasteiger partial charge in [0.05, 0.1) is 11.4 Å². The summed E-state index contributed by atoms with van der Waals surface area (Å²) >= 11 is 0. The predicted molar refractivity (Wildman–Crippen MR) is 135 cm³/mol. The quantitative estimate of drug-likeness (QED) is 0.423. The number of hydrogen-bond donors (Lipinski definition) is 2. The monoisotopic (exact) mass is 414 g/mol. The Kier molecular flexibility index (Phi) is 14.6. The van der Waals surface area contributed by atoms with Gasteiger partial charge in [0.2, 0.25) is 0 Å². The first kappa shape index (κ1) is 27.9. The number of nitrogens with two attached hydrogens (primary N) is 1. The molecule has 0 aliphatic heterocycles. The van der Waals surface area contributed by atoms with E-state index >= 15 is 0 Å². The highest BCUT2D eigenvalue weighted by Crippen LogP contribution is 2.17. The molecule has 0 aromatic carbocycles. The van der Waals surface area contributed by atoms with E-state index in [9.17, 15) is 0 Å². The molecule has 0 bridgehead atoms. The third-order valence-corrected chi connectivity index (χ3v) is 4.47. The third kappa shape index (κ3) is 11.2.